The smallest absolute Gasteiger partial charge is 0.270 e. The van der Waals surface area contributed by atoms with Gasteiger partial charge in [-0.25, -0.2) is 4.39 Å². The summed E-state index contributed by atoms with van der Waals surface area (Å²) >= 11 is 2.04. The summed E-state index contributed by atoms with van der Waals surface area (Å²) in [6, 6.07) is 5.36. The molecule has 0 saturated carbocycles. The number of benzene rings is 1. The van der Waals surface area contributed by atoms with E-state index in [4.69, 9.17) is 0 Å². The Morgan fingerprint density at radius 1 is 1.15 bits per heavy atom. The Morgan fingerprint density at radius 3 is 2.54 bits per heavy atom. The second-order valence-electron chi connectivity index (χ2n) is 7.37. The van der Waals surface area contributed by atoms with Crippen molar-refractivity contribution >= 4 is 28.6 Å². The average Bonchev–Trinajstić information content (AvgIpc) is 2.92. The van der Waals surface area contributed by atoms with Crippen LogP contribution in [0.4, 0.5) is 4.39 Å². The van der Waals surface area contributed by atoms with E-state index in [-0.39, 0.29) is 11.7 Å². The number of halogens is 1. The maximum absolute atomic E-state index is 13.6. The topological polar surface area (TPSA) is 28.5 Å². The lowest BCUT2D eigenvalue weighted by molar-refractivity contribution is 0.0621. The van der Waals surface area contributed by atoms with Crippen LogP contribution in [0.1, 0.15) is 28.9 Å². The number of thioether (sulfide) groups is 1. The van der Waals surface area contributed by atoms with E-state index in [0.29, 0.717) is 11.7 Å². The van der Waals surface area contributed by atoms with Crippen LogP contribution < -0.4 is 0 Å². The van der Waals surface area contributed by atoms with Gasteiger partial charge in [-0.1, -0.05) is 0 Å². The van der Waals surface area contributed by atoms with Gasteiger partial charge in [-0.05, 0) is 43.5 Å². The van der Waals surface area contributed by atoms with E-state index in [1.165, 1.54) is 36.7 Å². The summed E-state index contributed by atoms with van der Waals surface area (Å²) < 4.78 is 15.5. The van der Waals surface area contributed by atoms with Crippen molar-refractivity contribution in [2.45, 2.75) is 25.8 Å². The number of hydrogen-bond donors (Lipinski definition) is 0. The zero-order chi connectivity index (χ0) is 18.3. The van der Waals surface area contributed by atoms with Crippen LogP contribution in [0.15, 0.2) is 18.2 Å². The zero-order valence-electron chi connectivity index (χ0n) is 15.5. The third kappa shape index (κ3) is 3.14. The number of likely N-dealkylation sites (tertiary alicyclic amines) is 1. The van der Waals surface area contributed by atoms with Gasteiger partial charge in [0.05, 0.1) is 0 Å². The Labute approximate surface area is 158 Å². The monoisotopic (exact) mass is 375 g/mol. The Bertz CT molecular complexity index is 820. The van der Waals surface area contributed by atoms with E-state index in [1.807, 2.05) is 35.2 Å². The first kappa shape index (κ1) is 17.9. The normalized spacial score (nSPS) is 20.0. The Kier molecular flexibility index (Phi) is 4.97. The van der Waals surface area contributed by atoms with Crippen LogP contribution in [0.25, 0.3) is 10.9 Å². The molecule has 2 saturated heterocycles. The van der Waals surface area contributed by atoms with E-state index in [0.717, 1.165) is 42.4 Å². The molecule has 1 aromatic heterocycles. The molecule has 6 heteroatoms. The van der Waals surface area contributed by atoms with Crippen LogP contribution in [0.3, 0.4) is 0 Å². The van der Waals surface area contributed by atoms with E-state index >= 15 is 0 Å². The Morgan fingerprint density at radius 2 is 1.85 bits per heavy atom. The van der Waals surface area contributed by atoms with Crippen molar-refractivity contribution in [2.75, 3.05) is 37.7 Å². The minimum absolute atomic E-state index is 0.0780. The van der Waals surface area contributed by atoms with Crippen molar-refractivity contribution in [2.24, 2.45) is 7.05 Å². The van der Waals surface area contributed by atoms with Gasteiger partial charge in [-0.3, -0.25) is 9.69 Å². The van der Waals surface area contributed by atoms with Crippen LogP contribution in [-0.2, 0) is 7.05 Å². The number of aromatic nitrogens is 1. The molecule has 0 spiro atoms. The first-order chi connectivity index (χ1) is 12.6. The minimum atomic E-state index is -0.259. The number of carbonyl (C=O) groups excluding carboxylic acids is 1. The highest BCUT2D eigenvalue weighted by molar-refractivity contribution is 7.99. The van der Waals surface area contributed by atoms with Gasteiger partial charge < -0.3 is 9.47 Å². The van der Waals surface area contributed by atoms with Gasteiger partial charge in [0.2, 0.25) is 0 Å². The van der Waals surface area contributed by atoms with Crippen molar-refractivity contribution in [3.63, 3.8) is 0 Å². The molecule has 3 heterocycles. The van der Waals surface area contributed by atoms with E-state index in [2.05, 4.69) is 4.90 Å². The fourth-order valence-corrected chi connectivity index (χ4v) is 5.36. The molecular formula is C20H26FN3OS. The summed E-state index contributed by atoms with van der Waals surface area (Å²) in [5.41, 5.74) is 2.48. The predicted molar refractivity (Wildman–Crippen MR) is 105 cm³/mol. The zero-order valence-corrected chi connectivity index (χ0v) is 16.3. The molecule has 1 amide bonds. The Hall–Kier alpha value is -1.53. The maximum atomic E-state index is 13.6. The summed E-state index contributed by atoms with van der Waals surface area (Å²) in [5, 5.41) is 0.830. The molecular weight excluding hydrogens is 349 g/mol. The molecule has 0 bridgehead atoms. The third-order valence-electron chi connectivity index (χ3n) is 5.93. The van der Waals surface area contributed by atoms with Gasteiger partial charge in [0, 0.05) is 61.7 Å². The van der Waals surface area contributed by atoms with Crippen LogP contribution in [-0.4, -0.2) is 64.0 Å². The highest BCUT2D eigenvalue weighted by Gasteiger charge is 2.30. The second-order valence-corrected chi connectivity index (χ2v) is 8.59. The largest absolute Gasteiger partial charge is 0.339 e. The predicted octanol–water partition coefficient (Wildman–Crippen LogP) is 3.28. The minimum Gasteiger partial charge on any atom is -0.339 e. The quantitative estimate of drug-likeness (QED) is 0.807. The van der Waals surface area contributed by atoms with Crippen molar-refractivity contribution in [3.05, 3.63) is 35.3 Å². The second kappa shape index (κ2) is 7.24. The summed E-state index contributed by atoms with van der Waals surface area (Å²) in [7, 11) is 1.90. The standard InChI is InChI=1S/C20H26FN3OS/c1-14-17-13-15(21)3-4-18(17)22(2)19(14)20(25)24-7-5-16(6-8-24)23-9-11-26-12-10-23/h3-4,13,16H,5-12H2,1-2H3. The molecule has 2 aromatic rings. The lowest BCUT2D eigenvalue weighted by atomic mass is 10.0. The lowest BCUT2D eigenvalue weighted by Crippen LogP contribution is -2.49. The van der Waals surface area contributed by atoms with Gasteiger partial charge in [0.15, 0.2) is 0 Å². The molecule has 2 fully saturated rings. The third-order valence-corrected chi connectivity index (χ3v) is 6.87. The van der Waals surface area contributed by atoms with Crippen molar-refractivity contribution in [1.29, 1.82) is 0 Å². The number of nitrogens with zero attached hydrogens (tertiary/aromatic N) is 3. The number of hydrogen-bond acceptors (Lipinski definition) is 3. The van der Waals surface area contributed by atoms with E-state index in [1.54, 1.807) is 6.07 Å². The SMILES string of the molecule is Cc1c(C(=O)N2CCC(N3CCSCC3)CC2)n(C)c2ccc(F)cc12. The summed E-state index contributed by atoms with van der Waals surface area (Å²) in [5.74, 6) is 2.27. The fraction of sp³-hybridized carbons (Fsp3) is 0.550. The van der Waals surface area contributed by atoms with E-state index in [9.17, 15) is 9.18 Å². The molecule has 140 valence electrons. The molecule has 0 unspecified atom stereocenters. The number of aryl methyl sites for hydroxylation is 2. The number of carbonyl (C=O) groups is 1. The average molecular weight is 376 g/mol. The molecule has 2 aliphatic rings. The highest BCUT2D eigenvalue weighted by Crippen LogP contribution is 2.28. The summed E-state index contributed by atoms with van der Waals surface area (Å²) in [6.45, 7) is 5.90. The molecule has 0 N–H and O–H groups in total. The number of fused-ring (bicyclic) bond motifs is 1. The van der Waals surface area contributed by atoms with Crippen LogP contribution in [0, 0.1) is 12.7 Å². The molecule has 4 nitrogen and oxygen atoms in total. The molecule has 1 aromatic carbocycles. The maximum Gasteiger partial charge on any atom is 0.270 e. The first-order valence-corrected chi connectivity index (χ1v) is 10.6. The van der Waals surface area contributed by atoms with Crippen LogP contribution in [0.2, 0.25) is 0 Å². The van der Waals surface area contributed by atoms with E-state index < -0.39 is 0 Å². The van der Waals surface area contributed by atoms with Gasteiger partial charge in [0.1, 0.15) is 11.5 Å². The number of rotatable bonds is 2. The van der Waals surface area contributed by atoms with Gasteiger partial charge in [0.25, 0.3) is 5.91 Å². The van der Waals surface area contributed by atoms with Crippen LogP contribution in [0.5, 0.6) is 0 Å². The molecule has 0 atom stereocenters. The molecule has 0 radical (unpaired) electrons. The van der Waals surface area contributed by atoms with Gasteiger partial charge in [-0.15, -0.1) is 0 Å². The number of piperidine rings is 1. The van der Waals surface area contributed by atoms with Gasteiger partial charge >= 0.3 is 0 Å². The van der Waals surface area contributed by atoms with Crippen molar-refractivity contribution in [1.82, 2.24) is 14.4 Å². The van der Waals surface area contributed by atoms with Crippen molar-refractivity contribution in [3.8, 4) is 0 Å². The summed E-state index contributed by atoms with van der Waals surface area (Å²) in [4.78, 5) is 17.8. The lowest BCUT2D eigenvalue weighted by Gasteiger charge is -2.40. The number of amides is 1. The molecule has 0 aliphatic carbocycles. The molecule has 4 rings (SSSR count). The molecule has 26 heavy (non-hydrogen) atoms. The van der Waals surface area contributed by atoms with Crippen molar-refractivity contribution < 1.29 is 9.18 Å². The fourth-order valence-electron chi connectivity index (χ4n) is 4.43. The Balaban J connectivity index is 1.51. The van der Waals surface area contributed by atoms with Crippen LogP contribution >= 0.6 is 11.8 Å². The summed E-state index contributed by atoms with van der Waals surface area (Å²) in [6.07, 6.45) is 2.10. The first-order valence-electron chi connectivity index (χ1n) is 9.42. The highest BCUT2D eigenvalue weighted by atomic mass is 32.2. The molecule has 2 aliphatic heterocycles. The van der Waals surface area contributed by atoms with Gasteiger partial charge in [-0.2, -0.15) is 11.8 Å².